The fourth-order valence-corrected chi connectivity index (χ4v) is 9.03. The average molecular weight is 943 g/mol. The molecule has 4 N–H and O–H groups in total. The maximum absolute atomic E-state index is 12.2. The molecule has 0 bridgehead atoms. The van der Waals surface area contributed by atoms with Gasteiger partial charge in [0.2, 0.25) is 11.8 Å². The van der Waals surface area contributed by atoms with Crippen molar-refractivity contribution in [3.63, 3.8) is 0 Å². The van der Waals surface area contributed by atoms with E-state index >= 15 is 0 Å². The van der Waals surface area contributed by atoms with Crippen molar-refractivity contribution in [3.05, 3.63) is 0 Å². The van der Waals surface area contributed by atoms with Gasteiger partial charge in [0.25, 0.3) is 20.2 Å². The van der Waals surface area contributed by atoms with Crippen LogP contribution in [0.3, 0.4) is 0 Å². The first kappa shape index (κ1) is 68.3. The summed E-state index contributed by atoms with van der Waals surface area (Å²) < 4.78 is 61.7. The second kappa shape index (κ2) is 42.1. The van der Waals surface area contributed by atoms with Gasteiger partial charge in [-0.15, -0.1) is 0 Å². The monoisotopic (exact) mass is 943 g/mol. The van der Waals surface area contributed by atoms with Gasteiger partial charge in [-0.1, -0.05) is 195 Å². The summed E-state index contributed by atoms with van der Waals surface area (Å²) in [5.74, 6) is -5.21. The van der Waals surface area contributed by atoms with Crippen LogP contribution in [0, 0.1) is 0 Å². The molecule has 0 saturated heterocycles. The summed E-state index contributed by atoms with van der Waals surface area (Å²) >= 11 is 0. The minimum absolute atomic E-state index is 0. The number of carboxylic acid groups (broad SMARTS) is 2. The number of hydrogen-bond acceptors (Lipinski definition) is 10. The zero-order chi connectivity index (χ0) is 45.8. The molecular weight excluding hydrogens is 859 g/mol. The Kier molecular flexibility index (Phi) is 46.3. The van der Waals surface area contributed by atoms with Crippen molar-refractivity contribution in [3.8, 4) is 0 Å². The molecule has 356 valence electrons. The van der Waals surface area contributed by atoms with Crippen molar-refractivity contribution < 1.29 is 114 Å². The van der Waals surface area contributed by atoms with Gasteiger partial charge in [0.05, 0.1) is 24.8 Å². The van der Waals surface area contributed by atoms with E-state index in [1.165, 1.54) is 25.7 Å². The van der Waals surface area contributed by atoms with Gasteiger partial charge in [0.1, 0.15) is 9.49 Å². The van der Waals surface area contributed by atoms with E-state index in [-0.39, 0.29) is 72.0 Å². The number of unbranched alkanes of at least 4 members (excludes halogenated alkanes) is 24. The van der Waals surface area contributed by atoms with Gasteiger partial charge < -0.3 is 30.4 Å². The molecular formula is C44H84N2Na2O12S2. The van der Waals surface area contributed by atoms with Crippen LogP contribution in [0.1, 0.15) is 233 Å². The normalized spacial score (nSPS) is 13.3. The Hall–Kier alpha value is -0.300. The molecule has 14 nitrogen and oxygen atoms in total. The maximum Gasteiger partial charge on any atom is 1.00 e. The number of hydrogen-bond donors (Lipinski definition) is 4. The van der Waals surface area contributed by atoms with Gasteiger partial charge in [-0.2, -0.15) is 16.8 Å². The number of carbonyl (C=O) groups excluding carboxylic acids is 4. The number of nitrogens with one attached hydrogen (secondary N) is 2. The van der Waals surface area contributed by atoms with Crippen molar-refractivity contribution in [2.24, 2.45) is 0 Å². The fourth-order valence-electron chi connectivity index (χ4n) is 7.18. The molecule has 0 spiro atoms. The third kappa shape index (κ3) is 32.4. The first-order chi connectivity index (χ1) is 28.4. The third-order valence-electron chi connectivity index (χ3n) is 11.2. The van der Waals surface area contributed by atoms with E-state index in [2.05, 4.69) is 38.3 Å². The summed E-state index contributed by atoms with van der Waals surface area (Å²) in [5, 5.41) is 28.5. The van der Waals surface area contributed by atoms with Crippen LogP contribution in [0.25, 0.3) is 0 Å². The van der Waals surface area contributed by atoms with E-state index in [4.69, 9.17) is 0 Å². The van der Waals surface area contributed by atoms with Crippen LogP contribution < -0.4 is 80.0 Å². The summed E-state index contributed by atoms with van der Waals surface area (Å²) in [6.07, 6.45) is 25.0. The van der Waals surface area contributed by atoms with Crippen molar-refractivity contribution in [2.75, 3.05) is 13.1 Å². The molecule has 2 unspecified atom stereocenters. The van der Waals surface area contributed by atoms with E-state index < -0.39 is 66.3 Å². The van der Waals surface area contributed by atoms with Crippen LogP contribution in [-0.2, 0) is 39.4 Å². The Bertz CT molecular complexity index is 1270. The van der Waals surface area contributed by atoms with Gasteiger partial charge in [0, 0.05) is 13.1 Å². The van der Waals surface area contributed by atoms with Crippen LogP contribution in [-0.4, -0.2) is 72.3 Å². The average Bonchev–Trinajstić information content (AvgIpc) is 3.17. The SMILES string of the molecule is CCCCCCCCCCC(CC(=O)NCCCCCCCC)(C(=O)[O-])S(=O)(=O)O.CCCCCCCCCCC(CC(=O)NCCCCCCCC)(C(=O)[O-])S(=O)(=O)O.[Na+].[Na+]. The second-order valence-electron chi connectivity index (χ2n) is 16.6. The Morgan fingerprint density at radius 2 is 0.613 bits per heavy atom. The number of amides is 2. The molecule has 62 heavy (non-hydrogen) atoms. The number of carboxylic acids is 2. The number of aliphatic carboxylic acids is 2. The Labute approximate surface area is 421 Å². The minimum atomic E-state index is -4.99. The van der Waals surface area contributed by atoms with E-state index in [9.17, 15) is 55.3 Å². The van der Waals surface area contributed by atoms with Crippen molar-refractivity contribution in [2.45, 2.75) is 243 Å². The molecule has 0 saturated carbocycles. The molecule has 18 heteroatoms. The van der Waals surface area contributed by atoms with Gasteiger partial charge in [-0.05, 0) is 25.7 Å². The zero-order valence-electron chi connectivity index (χ0n) is 39.8. The summed E-state index contributed by atoms with van der Waals surface area (Å²) in [6.45, 7) is 9.26. The summed E-state index contributed by atoms with van der Waals surface area (Å²) in [5.41, 5.74) is 0. The van der Waals surface area contributed by atoms with Crippen molar-refractivity contribution in [1.29, 1.82) is 0 Å². The second-order valence-corrected chi connectivity index (χ2v) is 20.0. The zero-order valence-corrected chi connectivity index (χ0v) is 45.5. The van der Waals surface area contributed by atoms with E-state index in [1.807, 2.05) is 0 Å². The van der Waals surface area contributed by atoms with Gasteiger partial charge in [-0.3, -0.25) is 18.7 Å². The molecule has 0 aliphatic carbocycles. The molecule has 0 rings (SSSR count). The topological polar surface area (TPSA) is 247 Å². The van der Waals surface area contributed by atoms with Gasteiger partial charge in [-0.25, -0.2) is 0 Å². The molecule has 0 radical (unpaired) electrons. The van der Waals surface area contributed by atoms with Crippen molar-refractivity contribution >= 4 is 44.0 Å². The Morgan fingerprint density at radius 3 is 0.823 bits per heavy atom. The van der Waals surface area contributed by atoms with Crippen LogP contribution in [0.5, 0.6) is 0 Å². The van der Waals surface area contributed by atoms with E-state index in [0.717, 1.165) is 128 Å². The first-order valence-electron chi connectivity index (χ1n) is 23.3. The molecule has 0 fully saturated rings. The summed E-state index contributed by atoms with van der Waals surface area (Å²) in [7, 11) is -9.99. The molecule has 0 aliphatic rings. The fraction of sp³-hybridized carbons (Fsp3) is 0.909. The molecule has 0 aromatic carbocycles. The first-order valence-corrected chi connectivity index (χ1v) is 26.2. The molecule has 0 aliphatic heterocycles. The maximum atomic E-state index is 12.2. The van der Waals surface area contributed by atoms with Crippen LogP contribution in [0.4, 0.5) is 0 Å². The van der Waals surface area contributed by atoms with Gasteiger partial charge in [0.15, 0.2) is 0 Å². The molecule has 2 amide bonds. The van der Waals surface area contributed by atoms with Crippen LogP contribution >= 0.6 is 0 Å². The minimum Gasteiger partial charge on any atom is -0.548 e. The summed E-state index contributed by atoms with van der Waals surface area (Å²) in [4.78, 5) is 47.8. The molecule has 2 atom stereocenters. The smallest absolute Gasteiger partial charge is 0.548 e. The van der Waals surface area contributed by atoms with Crippen LogP contribution in [0.2, 0.25) is 0 Å². The standard InChI is InChI=1S/2C22H43NO6S.2Na/c2*1-3-5-7-9-11-12-13-15-17-22(21(25)26,30(27,28)29)19-20(24)23-18-16-14-10-8-6-4-2;;/h2*3-19H2,1-2H3,(H,23,24)(H,25,26)(H,27,28,29);;/q;;2*+1/p-2. The van der Waals surface area contributed by atoms with Gasteiger partial charge >= 0.3 is 59.1 Å². The Morgan fingerprint density at radius 1 is 0.403 bits per heavy atom. The number of carbonyl (C=O) groups is 4. The van der Waals surface area contributed by atoms with E-state index in [0.29, 0.717) is 38.8 Å². The van der Waals surface area contributed by atoms with E-state index in [1.54, 1.807) is 0 Å². The predicted molar refractivity (Wildman–Crippen MR) is 235 cm³/mol. The largest absolute Gasteiger partial charge is 1.00 e. The third-order valence-corrected chi connectivity index (χ3v) is 14.2. The molecule has 0 heterocycles. The Balaban J connectivity index is -0.000000526. The summed E-state index contributed by atoms with van der Waals surface area (Å²) in [6, 6.07) is 0. The number of rotatable bonds is 40. The molecule has 0 aromatic rings. The van der Waals surface area contributed by atoms with Crippen LogP contribution in [0.15, 0.2) is 0 Å². The molecule has 0 aromatic heterocycles. The quantitative estimate of drug-likeness (QED) is 0.0388. The van der Waals surface area contributed by atoms with Crippen molar-refractivity contribution in [1.82, 2.24) is 10.6 Å². The predicted octanol–water partition coefficient (Wildman–Crippen LogP) is 1.53.